The van der Waals surface area contributed by atoms with Crippen molar-refractivity contribution in [1.29, 1.82) is 0 Å². The second-order valence-corrected chi connectivity index (χ2v) is 9.70. The van der Waals surface area contributed by atoms with E-state index in [1.54, 1.807) is 0 Å². The van der Waals surface area contributed by atoms with Gasteiger partial charge in [-0.2, -0.15) is 0 Å². The topological polar surface area (TPSA) is 29.5 Å². The van der Waals surface area contributed by atoms with E-state index >= 15 is 0 Å². The van der Waals surface area contributed by atoms with Crippen LogP contribution in [0.15, 0.2) is 41.0 Å². The molecule has 1 atom stereocenters. The molecule has 2 heteroatoms. The van der Waals surface area contributed by atoms with Gasteiger partial charge >= 0.3 is 0 Å². The summed E-state index contributed by atoms with van der Waals surface area (Å²) in [6.07, 6.45) is 15.8. The molecular weight excluding hydrogens is 368 g/mol. The number of hydrogen-bond acceptors (Lipinski definition) is 2. The van der Waals surface area contributed by atoms with Gasteiger partial charge in [-0.3, -0.25) is 0 Å². The third-order valence-electron chi connectivity index (χ3n) is 6.36. The van der Waals surface area contributed by atoms with Crippen molar-refractivity contribution in [3.05, 3.63) is 57.7 Å². The molecule has 0 amide bonds. The molecule has 2 rings (SSSR count). The highest BCUT2D eigenvalue weighted by atomic mass is 16.5. The predicted molar refractivity (Wildman–Crippen MR) is 130 cm³/mol. The lowest BCUT2D eigenvalue weighted by Gasteiger charge is -2.37. The van der Waals surface area contributed by atoms with E-state index in [0.29, 0.717) is 5.75 Å². The molecule has 1 N–H and O–H groups in total. The fourth-order valence-electron chi connectivity index (χ4n) is 4.21. The number of rotatable bonds is 9. The van der Waals surface area contributed by atoms with Gasteiger partial charge in [0.15, 0.2) is 0 Å². The zero-order chi connectivity index (χ0) is 22.3. The van der Waals surface area contributed by atoms with Crippen molar-refractivity contribution in [2.24, 2.45) is 0 Å². The summed E-state index contributed by atoms with van der Waals surface area (Å²) in [5, 5.41) is 10.1. The molecule has 2 nitrogen and oxygen atoms in total. The standard InChI is InChI=1S/C28H42O2/c1-20(2)11-8-12-21(3)13-9-14-22(4)15-10-17-28(7)18-16-25-24(6)26(29)19-23(5)27(25)30-28/h11,13,15,19,29H,8-10,12,14,16-18H2,1-7H3/b21-13-,22-15-/t28-/m0/s1. The van der Waals surface area contributed by atoms with Crippen molar-refractivity contribution in [2.45, 2.75) is 105 Å². The Morgan fingerprint density at radius 3 is 2.23 bits per heavy atom. The minimum Gasteiger partial charge on any atom is -0.508 e. The lowest BCUT2D eigenvalue weighted by atomic mass is 9.86. The number of hydrogen-bond donors (Lipinski definition) is 1. The Morgan fingerprint density at radius 1 is 1.00 bits per heavy atom. The monoisotopic (exact) mass is 410 g/mol. The zero-order valence-electron chi connectivity index (χ0n) is 20.3. The molecule has 1 aliphatic rings. The van der Waals surface area contributed by atoms with E-state index in [1.165, 1.54) is 28.7 Å². The zero-order valence-corrected chi connectivity index (χ0v) is 20.3. The Hall–Kier alpha value is -1.96. The molecule has 0 unspecified atom stereocenters. The summed E-state index contributed by atoms with van der Waals surface area (Å²) in [5.41, 5.74) is 7.45. The first-order valence-electron chi connectivity index (χ1n) is 11.6. The number of aryl methyl sites for hydroxylation is 1. The summed E-state index contributed by atoms with van der Waals surface area (Å²) in [7, 11) is 0. The molecule has 0 fully saturated rings. The molecule has 1 aromatic carbocycles. The number of phenols is 1. The number of aromatic hydroxyl groups is 1. The molecule has 1 aromatic rings. The summed E-state index contributed by atoms with van der Waals surface area (Å²) in [6.45, 7) is 15.1. The van der Waals surface area contributed by atoms with Crippen LogP contribution in [0.2, 0.25) is 0 Å². The molecule has 0 aliphatic carbocycles. The van der Waals surface area contributed by atoms with Crippen LogP contribution in [0.25, 0.3) is 0 Å². The maximum atomic E-state index is 10.1. The third kappa shape index (κ3) is 7.07. The van der Waals surface area contributed by atoms with Crippen molar-refractivity contribution < 1.29 is 9.84 Å². The summed E-state index contributed by atoms with van der Waals surface area (Å²) in [6, 6.07) is 1.83. The number of ether oxygens (including phenoxy) is 1. The summed E-state index contributed by atoms with van der Waals surface area (Å²) >= 11 is 0. The maximum Gasteiger partial charge on any atom is 0.126 e. The quantitative estimate of drug-likeness (QED) is 0.415. The van der Waals surface area contributed by atoms with Crippen LogP contribution in [0.1, 0.15) is 96.3 Å². The molecule has 30 heavy (non-hydrogen) atoms. The van der Waals surface area contributed by atoms with Gasteiger partial charge in [-0.25, -0.2) is 0 Å². The van der Waals surface area contributed by atoms with E-state index in [4.69, 9.17) is 4.74 Å². The van der Waals surface area contributed by atoms with E-state index in [2.05, 4.69) is 52.8 Å². The van der Waals surface area contributed by atoms with Gasteiger partial charge < -0.3 is 9.84 Å². The Balaban J connectivity index is 1.83. The van der Waals surface area contributed by atoms with Gasteiger partial charge in [0, 0.05) is 5.56 Å². The Bertz CT molecular complexity index is 822. The van der Waals surface area contributed by atoms with Crippen LogP contribution in [0.3, 0.4) is 0 Å². The van der Waals surface area contributed by atoms with E-state index in [9.17, 15) is 5.11 Å². The highest BCUT2D eigenvalue weighted by molar-refractivity contribution is 5.53. The molecule has 0 bridgehead atoms. The first-order chi connectivity index (χ1) is 14.1. The second-order valence-electron chi connectivity index (χ2n) is 9.70. The number of fused-ring (bicyclic) bond motifs is 1. The largest absolute Gasteiger partial charge is 0.508 e. The van der Waals surface area contributed by atoms with Gasteiger partial charge in [0.25, 0.3) is 0 Å². The average Bonchev–Trinajstić information content (AvgIpc) is 2.66. The van der Waals surface area contributed by atoms with Crippen LogP contribution in [0.4, 0.5) is 0 Å². The Labute approximate surface area is 184 Å². The highest BCUT2D eigenvalue weighted by Crippen LogP contribution is 2.42. The van der Waals surface area contributed by atoms with Gasteiger partial charge in [-0.1, -0.05) is 34.9 Å². The van der Waals surface area contributed by atoms with Crippen molar-refractivity contribution in [3.63, 3.8) is 0 Å². The minimum absolute atomic E-state index is 0.126. The third-order valence-corrected chi connectivity index (χ3v) is 6.36. The second kappa shape index (κ2) is 10.9. The van der Waals surface area contributed by atoms with E-state index in [0.717, 1.165) is 61.8 Å². The van der Waals surface area contributed by atoms with E-state index < -0.39 is 0 Å². The fourth-order valence-corrected chi connectivity index (χ4v) is 4.21. The number of phenolic OH excluding ortho intramolecular Hbond substituents is 1. The molecule has 0 aromatic heterocycles. The Morgan fingerprint density at radius 2 is 1.60 bits per heavy atom. The summed E-state index contributed by atoms with van der Waals surface area (Å²) in [4.78, 5) is 0. The summed E-state index contributed by atoms with van der Waals surface area (Å²) in [5.74, 6) is 1.38. The van der Waals surface area contributed by atoms with Gasteiger partial charge in [0.05, 0.1) is 0 Å². The molecule has 166 valence electrons. The van der Waals surface area contributed by atoms with Crippen LogP contribution in [0.5, 0.6) is 11.5 Å². The Kier molecular flexibility index (Phi) is 8.82. The van der Waals surface area contributed by atoms with Crippen LogP contribution < -0.4 is 4.74 Å². The minimum atomic E-state index is -0.126. The number of allylic oxidation sites excluding steroid dienone is 6. The van der Waals surface area contributed by atoms with Crippen LogP contribution in [0, 0.1) is 13.8 Å². The molecule has 0 spiro atoms. The van der Waals surface area contributed by atoms with Crippen LogP contribution in [-0.4, -0.2) is 10.7 Å². The van der Waals surface area contributed by atoms with Crippen LogP contribution in [-0.2, 0) is 6.42 Å². The predicted octanol–water partition coefficient (Wildman–Crippen LogP) is 8.29. The molecule has 1 aliphatic heterocycles. The van der Waals surface area contributed by atoms with Gasteiger partial charge in [-0.05, 0) is 117 Å². The fraction of sp³-hybridized carbons (Fsp3) is 0.571. The molecule has 0 saturated carbocycles. The van der Waals surface area contributed by atoms with Crippen molar-refractivity contribution in [1.82, 2.24) is 0 Å². The first kappa shape index (κ1) is 24.3. The molecular formula is C28H42O2. The molecule has 0 saturated heterocycles. The van der Waals surface area contributed by atoms with Crippen LogP contribution >= 0.6 is 0 Å². The van der Waals surface area contributed by atoms with Crippen molar-refractivity contribution >= 4 is 0 Å². The molecule has 0 radical (unpaired) electrons. The van der Waals surface area contributed by atoms with E-state index in [1.807, 2.05) is 19.9 Å². The first-order valence-corrected chi connectivity index (χ1v) is 11.6. The SMILES string of the molecule is CC(C)=CCC/C(C)=C\CC/C(C)=C\CC[C@@]1(C)CCc2c(C)c(O)cc(C)c2O1. The molecule has 1 heterocycles. The van der Waals surface area contributed by atoms with E-state index in [-0.39, 0.29) is 5.60 Å². The highest BCUT2D eigenvalue weighted by Gasteiger charge is 2.33. The number of benzene rings is 1. The average molecular weight is 411 g/mol. The summed E-state index contributed by atoms with van der Waals surface area (Å²) < 4.78 is 6.48. The van der Waals surface area contributed by atoms with Gasteiger partial charge in [0.2, 0.25) is 0 Å². The van der Waals surface area contributed by atoms with Crippen molar-refractivity contribution in [3.8, 4) is 11.5 Å². The lowest BCUT2D eigenvalue weighted by molar-refractivity contribution is 0.0559. The normalized spacial score (nSPS) is 19.3. The maximum absolute atomic E-state index is 10.1. The van der Waals surface area contributed by atoms with Gasteiger partial charge in [-0.15, -0.1) is 0 Å². The van der Waals surface area contributed by atoms with Crippen molar-refractivity contribution in [2.75, 3.05) is 0 Å². The van der Waals surface area contributed by atoms with Gasteiger partial charge in [0.1, 0.15) is 17.1 Å². The smallest absolute Gasteiger partial charge is 0.126 e. The lowest BCUT2D eigenvalue weighted by Crippen LogP contribution is -2.36.